The van der Waals surface area contributed by atoms with Gasteiger partial charge in [0.15, 0.2) is 0 Å². The summed E-state index contributed by atoms with van der Waals surface area (Å²) in [7, 11) is 0. The second kappa shape index (κ2) is 22.1. The Hall–Kier alpha value is -6.64. The van der Waals surface area contributed by atoms with Crippen LogP contribution in [0.5, 0.6) is 0 Å². The Labute approximate surface area is 434 Å². The van der Waals surface area contributed by atoms with E-state index in [0.29, 0.717) is 34.2 Å². The van der Waals surface area contributed by atoms with Crippen molar-refractivity contribution in [3.8, 4) is 12.1 Å². The molecule has 0 unspecified atom stereocenters. The van der Waals surface area contributed by atoms with Gasteiger partial charge in [-0.1, -0.05) is 0 Å². The molecule has 6 aliphatic rings. The van der Waals surface area contributed by atoms with E-state index in [-0.39, 0.29) is 24.4 Å². The van der Waals surface area contributed by atoms with Crippen molar-refractivity contribution >= 4 is 45.1 Å². The average molecular weight is 997 g/mol. The van der Waals surface area contributed by atoms with E-state index in [1.54, 1.807) is 24.8 Å². The summed E-state index contributed by atoms with van der Waals surface area (Å²) in [6, 6.07) is 17.6. The van der Waals surface area contributed by atoms with Crippen molar-refractivity contribution in [2.24, 2.45) is 0 Å². The van der Waals surface area contributed by atoms with Crippen molar-refractivity contribution in [3.63, 3.8) is 0 Å². The lowest BCUT2D eigenvalue weighted by Gasteiger charge is -2.42. The van der Waals surface area contributed by atoms with Crippen LogP contribution in [-0.4, -0.2) is 169 Å². The third-order valence-corrected chi connectivity index (χ3v) is 15.7. The molecule has 10 heterocycles. The molecule has 6 atom stereocenters. The smallest absolute Gasteiger partial charge is 0.128 e. The van der Waals surface area contributed by atoms with Crippen molar-refractivity contribution in [2.75, 3.05) is 124 Å². The van der Waals surface area contributed by atoms with Crippen molar-refractivity contribution in [3.05, 3.63) is 107 Å². The first kappa shape index (κ1) is 49.6. The van der Waals surface area contributed by atoms with Gasteiger partial charge < -0.3 is 39.7 Å². The van der Waals surface area contributed by atoms with Crippen molar-refractivity contribution in [1.29, 1.82) is 10.5 Å². The van der Waals surface area contributed by atoms with E-state index in [9.17, 15) is 10.5 Å². The molecule has 0 amide bonds. The van der Waals surface area contributed by atoms with Gasteiger partial charge in [-0.3, -0.25) is 29.7 Å². The number of ether oxygens (including phenoxy) is 2. The highest BCUT2D eigenvalue weighted by Gasteiger charge is 2.33. The normalized spacial score (nSPS) is 24.6. The lowest BCUT2D eigenvalue weighted by Crippen LogP contribution is -2.54. The number of nitrogens with zero attached hydrogens (tertiary/aromatic N) is 14. The van der Waals surface area contributed by atoms with Crippen LogP contribution in [0.3, 0.4) is 0 Å². The maximum atomic E-state index is 9.49. The molecule has 6 aromatic rings. The van der Waals surface area contributed by atoms with Crippen LogP contribution >= 0.6 is 0 Å². The third-order valence-electron chi connectivity index (χ3n) is 15.7. The van der Waals surface area contributed by atoms with E-state index in [1.807, 2.05) is 24.3 Å². The van der Waals surface area contributed by atoms with Crippen molar-refractivity contribution < 1.29 is 9.47 Å². The molecule has 4 aromatic heterocycles. The minimum atomic E-state index is 0.103. The van der Waals surface area contributed by atoms with E-state index in [4.69, 9.17) is 19.4 Å². The van der Waals surface area contributed by atoms with Gasteiger partial charge in [0.2, 0.25) is 0 Å². The van der Waals surface area contributed by atoms with Crippen LogP contribution < -0.4 is 30.2 Å². The van der Waals surface area contributed by atoms with Gasteiger partial charge >= 0.3 is 0 Å². The molecule has 74 heavy (non-hydrogen) atoms. The maximum absolute atomic E-state index is 9.49. The first-order valence-corrected chi connectivity index (χ1v) is 26.7. The highest BCUT2D eigenvalue weighted by Crippen LogP contribution is 2.32. The van der Waals surface area contributed by atoms with E-state index in [2.05, 4.69) is 124 Å². The molecule has 0 radical (unpaired) electrons. The molecule has 2 N–H and O–H groups in total. The van der Waals surface area contributed by atoms with Crippen LogP contribution in [0.15, 0.2) is 73.6 Å². The first-order valence-electron chi connectivity index (χ1n) is 26.7. The first-order chi connectivity index (χ1) is 36.2. The maximum Gasteiger partial charge on any atom is 0.128 e. The van der Waals surface area contributed by atoms with Crippen molar-refractivity contribution in [1.82, 2.24) is 50.3 Å². The summed E-state index contributed by atoms with van der Waals surface area (Å²) in [6.07, 6.45) is 13.4. The number of rotatable bonds is 8. The molecule has 0 saturated carbocycles. The summed E-state index contributed by atoms with van der Waals surface area (Å²) in [6.45, 7) is 23.6. The van der Waals surface area contributed by atoms with Crippen LogP contribution in [0.4, 0.5) is 23.0 Å². The fourth-order valence-corrected chi connectivity index (χ4v) is 12.0. The predicted octanol–water partition coefficient (Wildman–Crippen LogP) is 5.04. The van der Waals surface area contributed by atoms with E-state index in [1.165, 1.54) is 22.3 Å². The molecule has 0 aliphatic carbocycles. The lowest BCUT2D eigenvalue weighted by atomic mass is 9.97. The Kier molecular flexibility index (Phi) is 14.8. The standard InChI is InChI=1S/2C28H34N8O/c2*1-19-16-36(25-4-3-21(14-29)27-28(25)32-8-7-31-27)18-23(37-19)17-34-9-11-35(12-10-34)26-13-24-20(2)30-6-5-22(24)15-33-26/h2*3-4,7-8,13,15,19-20,23,30H,5-6,9-12,16-18H2,1-2H3/t19-,20+,23+;19-,20-,23+/m11/s1. The van der Waals surface area contributed by atoms with E-state index in [0.717, 1.165) is 152 Å². The highest BCUT2D eigenvalue weighted by molar-refractivity contribution is 5.93. The molecular formula is C56H68N16O2. The number of pyridine rings is 2. The zero-order valence-electron chi connectivity index (χ0n) is 43.2. The number of hydrogen-bond donors (Lipinski definition) is 2. The molecule has 12 rings (SSSR count). The minimum Gasteiger partial charge on any atom is -0.370 e. The highest BCUT2D eigenvalue weighted by atomic mass is 16.5. The monoisotopic (exact) mass is 997 g/mol. The SMILES string of the molecule is C[C@@H]1CN(c2ccc(C#N)c3nccnc23)C[C@H](CN2CCN(c3cc4c(cn3)CCN[C@@H]4C)CC2)O1.C[C@@H]1CN(c2ccc(C#N)c3nccnc23)C[C@H](CN2CCN(c3cc4c(cn3)CCN[C@H]4C)CC2)O1. The molecule has 2 aromatic carbocycles. The largest absolute Gasteiger partial charge is 0.370 e. The number of anilines is 4. The molecule has 18 nitrogen and oxygen atoms in total. The third kappa shape index (κ3) is 10.7. The molecular weight excluding hydrogens is 929 g/mol. The molecule has 0 spiro atoms. The van der Waals surface area contributed by atoms with Gasteiger partial charge in [-0.2, -0.15) is 10.5 Å². The predicted molar refractivity (Wildman–Crippen MR) is 288 cm³/mol. The van der Waals surface area contributed by atoms with Gasteiger partial charge in [0.05, 0.1) is 46.9 Å². The number of hydrogen-bond acceptors (Lipinski definition) is 18. The van der Waals surface area contributed by atoms with Gasteiger partial charge in [0, 0.05) is 141 Å². The molecule has 0 bridgehead atoms. The van der Waals surface area contributed by atoms with Crippen LogP contribution in [0.25, 0.3) is 22.1 Å². The Morgan fingerprint density at radius 1 is 0.514 bits per heavy atom. The molecule has 18 heteroatoms. The number of aromatic nitrogens is 6. The summed E-state index contributed by atoms with van der Waals surface area (Å²) in [5.74, 6) is 2.19. The number of nitrogens with one attached hydrogen (secondary N) is 2. The van der Waals surface area contributed by atoms with Crippen LogP contribution in [0.1, 0.15) is 73.2 Å². The van der Waals surface area contributed by atoms with Crippen LogP contribution in [0.2, 0.25) is 0 Å². The molecule has 4 saturated heterocycles. The summed E-state index contributed by atoms with van der Waals surface area (Å²) >= 11 is 0. The quantitative estimate of drug-likeness (QED) is 0.206. The Bertz CT molecular complexity index is 2830. The van der Waals surface area contributed by atoms with E-state index >= 15 is 0 Å². The summed E-state index contributed by atoms with van der Waals surface area (Å²) < 4.78 is 12.8. The Morgan fingerprint density at radius 2 is 0.919 bits per heavy atom. The molecule has 6 aliphatic heterocycles. The summed E-state index contributed by atoms with van der Waals surface area (Å²) in [4.78, 5) is 42.2. The fraction of sp³-hybridized carbons (Fsp3) is 0.500. The second-order valence-corrected chi connectivity index (χ2v) is 20.9. The summed E-state index contributed by atoms with van der Waals surface area (Å²) in [5.41, 5.74) is 11.6. The number of nitriles is 2. The van der Waals surface area contributed by atoms with Crippen LogP contribution in [0, 0.1) is 22.7 Å². The minimum absolute atomic E-state index is 0.103. The van der Waals surface area contributed by atoms with Gasteiger partial charge in [-0.25, -0.2) is 9.97 Å². The summed E-state index contributed by atoms with van der Waals surface area (Å²) in [5, 5.41) is 26.1. The number of piperazine rings is 2. The van der Waals surface area contributed by atoms with Crippen LogP contribution in [-0.2, 0) is 22.3 Å². The fourth-order valence-electron chi connectivity index (χ4n) is 12.0. The Balaban J connectivity index is 0.000000159. The second-order valence-electron chi connectivity index (χ2n) is 20.9. The number of morpholine rings is 2. The Morgan fingerprint density at radius 3 is 1.32 bits per heavy atom. The number of fused-ring (bicyclic) bond motifs is 4. The van der Waals surface area contributed by atoms with Gasteiger partial charge in [-0.05, 0) is 112 Å². The average Bonchev–Trinajstić information content (AvgIpc) is 3.43. The number of benzene rings is 2. The molecule has 384 valence electrons. The van der Waals surface area contributed by atoms with E-state index < -0.39 is 0 Å². The lowest BCUT2D eigenvalue weighted by molar-refractivity contribution is -0.0329. The van der Waals surface area contributed by atoms with Gasteiger partial charge in [0.1, 0.15) is 45.8 Å². The van der Waals surface area contributed by atoms with Gasteiger partial charge in [-0.15, -0.1) is 0 Å². The van der Waals surface area contributed by atoms with Gasteiger partial charge in [0.25, 0.3) is 0 Å². The van der Waals surface area contributed by atoms with Crippen molar-refractivity contribution in [2.45, 2.75) is 77.0 Å². The zero-order chi connectivity index (χ0) is 50.7. The molecule has 4 fully saturated rings. The topological polar surface area (TPSA) is 187 Å². The zero-order valence-corrected chi connectivity index (χ0v) is 43.2.